The summed E-state index contributed by atoms with van der Waals surface area (Å²) < 4.78 is 0. The number of nitrogens with zero attached hydrogens (tertiary/aromatic N) is 3. The zero-order valence-electron chi connectivity index (χ0n) is 12.4. The monoisotopic (exact) mass is 306 g/mol. The van der Waals surface area contributed by atoms with Crippen molar-refractivity contribution in [1.82, 2.24) is 10.3 Å². The Bertz CT molecular complexity index is 557. The number of aromatic nitrogens is 1. The molecule has 22 heavy (non-hydrogen) atoms. The number of nitro groups is 1. The molecule has 1 N–H and O–H groups in total. The molecule has 1 amide bonds. The van der Waals surface area contributed by atoms with Crippen molar-refractivity contribution >= 4 is 11.6 Å². The zero-order chi connectivity index (χ0) is 16.4. The third kappa shape index (κ3) is 6.12. The molecule has 0 spiro atoms. The molecule has 1 atom stereocenters. The number of carbonyl (C=O) groups excluding carboxylic acids is 1. The van der Waals surface area contributed by atoms with Crippen LogP contribution >= 0.6 is 0 Å². The fourth-order valence-corrected chi connectivity index (χ4v) is 1.36. The second-order valence-electron chi connectivity index (χ2n) is 4.31. The zero-order valence-corrected chi connectivity index (χ0v) is 12.4. The molecule has 0 bridgehead atoms. The molecule has 0 saturated carbocycles. The van der Waals surface area contributed by atoms with Crippen LogP contribution in [-0.4, -0.2) is 40.7 Å². The third-order valence-corrected chi connectivity index (χ3v) is 2.56. The average molecular weight is 306 g/mol. The largest absolute Gasteiger partial charge is 0.396 e. The number of hydrogen-bond donors (Lipinski definition) is 1. The van der Waals surface area contributed by atoms with Crippen molar-refractivity contribution in [2.24, 2.45) is 5.16 Å². The van der Waals surface area contributed by atoms with Crippen LogP contribution < -0.4 is 5.32 Å². The molecule has 8 nitrogen and oxygen atoms in total. The van der Waals surface area contributed by atoms with Gasteiger partial charge in [0, 0.05) is 24.2 Å². The molecule has 1 aromatic rings. The fourth-order valence-electron chi connectivity index (χ4n) is 1.36. The normalized spacial score (nSPS) is 12.9. The molecule has 0 aromatic carbocycles. The van der Waals surface area contributed by atoms with Crippen molar-refractivity contribution in [2.45, 2.75) is 19.9 Å². The highest BCUT2D eigenvalue weighted by Gasteiger charge is 2.09. The Morgan fingerprint density at radius 3 is 3.00 bits per heavy atom. The van der Waals surface area contributed by atoms with E-state index in [1.165, 1.54) is 25.3 Å². The summed E-state index contributed by atoms with van der Waals surface area (Å²) >= 11 is 0. The Kier molecular flexibility index (Phi) is 7.24. The van der Waals surface area contributed by atoms with Gasteiger partial charge in [0.2, 0.25) is 6.04 Å². The maximum absolute atomic E-state index is 11.9. The first-order valence-electron chi connectivity index (χ1n) is 6.73. The lowest BCUT2D eigenvalue weighted by atomic mass is 10.2. The van der Waals surface area contributed by atoms with Gasteiger partial charge < -0.3 is 10.2 Å². The number of carbonyl (C=O) groups is 1. The van der Waals surface area contributed by atoms with Crippen molar-refractivity contribution in [3.05, 3.63) is 52.4 Å². The van der Waals surface area contributed by atoms with Crippen molar-refractivity contribution in [3.8, 4) is 0 Å². The summed E-state index contributed by atoms with van der Waals surface area (Å²) in [7, 11) is 0. The molecule has 0 saturated heterocycles. The molecular weight excluding hydrogens is 288 g/mol. The highest BCUT2D eigenvalue weighted by Crippen LogP contribution is 1.96. The number of hydrogen-bond acceptors (Lipinski definition) is 6. The van der Waals surface area contributed by atoms with Gasteiger partial charge in [0.25, 0.3) is 5.91 Å². The standard InChI is InChI=1S/C14H18N4O4/c1-3-22-17-13(7-6-11(2)18(20)21)10-16-14(19)12-5-4-8-15-9-12/h4-9,11H,3,10H2,1-2H3,(H,16,19)/b7-6-,17-13?/t11-/m1/s1. The lowest BCUT2D eigenvalue weighted by Gasteiger charge is -2.05. The number of pyridine rings is 1. The molecule has 0 aliphatic rings. The quantitative estimate of drug-likeness (QED) is 0.444. The van der Waals surface area contributed by atoms with Gasteiger partial charge in [-0.1, -0.05) is 5.16 Å². The predicted octanol–water partition coefficient (Wildman–Crippen LogP) is 1.43. The van der Waals surface area contributed by atoms with Gasteiger partial charge in [0.15, 0.2) is 0 Å². The second-order valence-corrected chi connectivity index (χ2v) is 4.31. The number of oxime groups is 1. The van der Waals surface area contributed by atoms with Gasteiger partial charge in [-0.2, -0.15) is 0 Å². The van der Waals surface area contributed by atoms with Crippen molar-refractivity contribution < 1.29 is 14.6 Å². The summed E-state index contributed by atoms with van der Waals surface area (Å²) in [5, 5.41) is 17.0. The fraction of sp³-hybridized carbons (Fsp3) is 0.357. The van der Waals surface area contributed by atoms with E-state index in [0.717, 1.165) is 0 Å². The molecule has 8 heteroatoms. The van der Waals surface area contributed by atoms with Crippen LogP contribution in [-0.2, 0) is 4.84 Å². The molecule has 0 unspecified atom stereocenters. The molecule has 0 radical (unpaired) electrons. The van der Waals surface area contributed by atoms with E-state index in [9.17, 15) is 14.9 Å². The van der Waals surface area contributed by atoms with Crippen LogP contribution in [0.15, 0.2) is 41.8 Å². The smallest absolute Gasteiger partial charge is 0.253 e. The molecular formula is C14H18N4O4. The van der Waals surface area contributed by atoms with E-state index in [1.54, 1.807) is 25.3 Å². The Labute approximate surface area is 128 Å². The summed E-state index contributed by atoms with van der Waals surface area (Å²) in [5.41, 5.74) is 0.800. The average Bonchev–Trinajstić information content (AvgIpc) is 2.54. The molecule has 118 valence electrons. The van der Waals surface area contributed by atoms with Gasteiger partial charge in [0.05, 0.1) is 17.8 Å². The third-order valence-electron chi connectivity index (χ3n) is 2.56. The lowest BCUT2D eigenvalue weighted by molar-refractivity contribution is -0.504. The summed E-state index contributed by atoms with van der Waals surface area (Å²) in [6.07, 6.45) is 5.86. The number of nitrogens with one attached hydrogen (secondary N) is 1. The van der Waals surface area contributed by atoms with Crippen LogP contribution in [0.4, 0.5) is 0 Å². The summed E-state index contributed by atoms with van der Waals surface area (Å²) in [6, 6.07) is 2.44. The maximum atomic E-state index is 11.9. The van der Waals surface area contributed by atoms with Gasteiger partial charge in [-0.3, -0.25) is 19.9 Å². The topological polar surface area (TPSA) is 107 Å². The first-order chi connectivity index (χ1) is 10.5. The Morgan fingerprint density at radius 2 is 2.41 bits per heavy atom. The van der Waals surface area contributed by atoms with Gasteiger partial charge in [-0.05, 0) is 31.2 Å². The Balaban J connectivity index is 2.66. The summed E-state index contributed by atoms with van der Waals surface area (Å²) in [6.45, 7) is 3.66. The van der Waals surface area contributed by atoms with E-state index in [4.69, 9.17) is 4.84 Å². The molecule has 1 aromatic heterocycles. The minimum atomic E-state index is -0.846. The minimum absolute atomic E-state index is 0.0919. The van der Waals surface area contributed by atoms with E-state index < -0.39 is 11.0 Å². The SMILES string of the molecule is CCON=C(/C=C\[C@@H](C)[N+](=O)[O-])CNC(=O)c1cccnc1. The first-order valence-corrected chi connectivity index (χ1v) is 6.73. The van der Waals surface area contributed by atoms with Crippen LogP contribution in [0.1, 0.15) is 24.2 Å². The molecule has 0 aliphatic heterocycles. The van der Waals surface area contributed by atoms with Gasteiger partial charge >= 0.3 is 0 Å². The van der Waals surface area contributed by atoms with Gasteiger partial charge in [-0.15, -0.1) is 0 Å². The van der Waals surface area contributed by atoms with Crippen molar-refractivity contribution in [1.29, 1.82) is 0 Å². The summed E-state index contributed by atoms with van der Waals surface area (Å²) in [5.74, 6) is -0.312. The lowest BCUT2D eigenvalue weighted by Crippen LogP contribution is -2.29. The van der Waals surface area contributed by atoms with E-state index in [-0.39, 0.29) is 12.5 Å². The maximum Gasteiger partial charge on any atom is 0.253 e. The van der Waals surface area contributed by atoms with Crippen LogP contribution in [0, 0.1) is 10.1 Å². The van der Waals surface area contributed by atoms with Crippen molar-refractivity contribution in [3.63, 3.8) is 0 Å². The van der Waals surface area contributed by atoms with E-state index >= 15 is 0 Å². The Morgan fingerprint density at radius 1 is 1.64 bits per heavy atom. The number of rotatable bonds is 8. The second kappa shape index (κ2) is 9.22. The Hall–Kier alpha value is -2.77. The molecule has 0 fully saturated rings. The van der Waals surface area contributed by atoms with Crippen LogP contribution in [0.25, 0.3) is 0 Å². The highest BCUT2D eigenvalue weighted by molar-refractivity contribution is 6.01. The minimum Gasteiger partial charge on any atom is -0.396 e. The van der Waals surface area contributed by atoms with Crippen LogP contribution in [0.3, 0.4) is 0 Å². The van der Waals surface area contributed by atoms with Gasteiger partial charge in [0.1, 0.15) is 6.61 Å². The van der Waals surface area contributed by atoms with Crippen LogP contribution in [0.2, 0.25) is 0 Å². The van der Waals surface area contributed by atoms with E-state index in [2.05, 4.69) is 15.5 Å². The van der Waals surface area contributed by atoms with Gasteiger partial charge in [-0.25, -0.2) is 0 Å². The molecule has 1 heterocycles. The number of amides is 1. The molecule has 1 rings (SSSR count). The van der Waals surface area contributed by atoms with Crippen molar-refractivity contribution in [2.75, 3.05) is 13.2 Å². The molecule has 0 aliphatic carbocycles. The highest BCUT2D eigenvalue weighted by atomic mass is 16.6. The summed E-state index contributed by atoms with van der Waals surface area (Å²) in [4.78, 5) is 30.8. The van der Waals surface area contributed by atoms with E-state index in [1.807, 2.05) is 0 Å². The van der Waals surface area contributed by atoms with E-state index in [0.29, 0.717) is 17.9 Å². The predicted molar refractivity (Wildman–Crippen MR) is 81.2 cm³/mol. The van der Waals surface area contributed by atoms with Crippen LogP contribution in [0.5, 0.6) is 0 Å². The first kappa shape index (κ1) is 17.3.